The van der Waals surface area contributed by atoms with E-state index < -0.39 is 30.4 Å². The van der Waals surface area contributed by atoms with Crippen molar-refractivity contribution < 1.29 is 23.9 Å². The van der Waals surface area contributed by atoms with E-state index in [2.05, 4.69) is 0 Å². The third kappa shape index (κ3) is 4.89. The molecular weight excluding hydrogens is 332 g/mol. The van der Waals surface area contributed by atoms with Crippen LogP contribution in [0, 0.1) is 0 Å². The molecule has 2 amide bonds. The third-order valence-electron chi connectivity index (χ3n) is 3.86. The Morgan fingerprint density at radius 3 is 2.71 bits per heavy atom. The lowest BCUT2D eigenvalue weighted by atomic mass is 10.0. The maximum atomic E-state index is 12.1. The summed E-state index contributed by atoms with van der Waals surface area (Å²) < 4.78 is 4.92. The Morgan fingerprint density at radius 2 is 2.04 bits per heavy atom. The molecule has 1 aliphatic heterocycles. The number of amides is 2. The maximum absolute atomic E-state index is 12.1. The van der Waals surface area contributed by atoms with Crippen molar-refractivity contribution in [2.24, 2.45) is 5.73 Å². The smallest absolute Gasteiger partial charge is 0.306 e. The van der Waals surface area contributed by atoms with Crippen LogP contribution >= 0.6 is 11.3 Å². The highest BCUT2D eigenvalue weighted by Crippen LogP contribution is 2.17. The standard InChI is InChI=1S/C16H20N2O5S/c17-16(22)11-4-1-2-8-18(11)14(20)10-23-15(21)7-6-12(19)13-5-3-9-24-13/h3,5,9,11H,1-2,4,6-8,10H2,(H2,17,22)/t11-/m1/s1. The van der Waals surface area contributed by atoms with Crippen LogP contribution in [0.2, 0.25) is 0 Å². The molecule has 2 N–H and O–H groups in total. The molecule has 1 aromatic heterocycles. The molecule has 1 aliphatic rings. The molecule has 0 unspecified atom stereocenters. The summed E-state index contributed by atoms with van der Waals surface area (Å²) in [6.45, 7) is -0.00331. The number of rotatable bonds is 7. The van der Waals surface area contributed by atoms with Crippen molar-refractivity contribution in [2.45, 2.75) is 38.1 Å². The number of ether oxygens (including phenoxy) is 1. The highest BCUT2D eigenvalue weighted by atomic mass is 32.1. The lowest BCUT2D eigenvalue weighted by Crippen LogP contribution is -2.51. The van der Waals surface area contributed by atoms with Gasteiger partial charge in [-0.05, 0) is 30.7 Å². The van der Waals surface area contributed by atoms with Gasteiger partial charge in [-0.2, -0.15) is 0 Å². The van der Waals surface area contributed by atoms with E-state index >= 15 is 0 Å². The van der Waals surface area contributed by atoms with E-state index in [0.717, 1.165) is 12.8 Å². The Bertz CT molecular complexity index is 614. The second-order valence-corrected chi connectivity index (χ2v) is 6.51. The minimum absolute atomic E-state index is 0.0428. The Kier molecular flexibility index (Phi) is 6.48. The average molecular weight is 352 g/mol. The molecule has 1 fully saturated rings. The van der Waals surface area contributed by atoms with Crippen LogP contribution in [0.3, 0.4) is 0 Å². The van der Waals surface area contributed by atoms with E-state index in [1.54, 1.807) is 17.5 Å². The van der Waals surface area contributed by atoms with Crippen molar-refractivity contribution in [1.82, 2.24) is 4.90 Å². The number of Topliss-reactive ketones (excluding diaryl/α,β-unsaturated/α-hetero) is 1. The minimum atomic E-state index is -0.634. The summed E-state index contributed by atoms with van der Waals surface area (Å²) in [7, 11) is 0. The van der Waals surface area contributed by atoms with Gasteiger partial charge in [-0.25, -0.2) is 0 Å². The predicted molar refractivity (Wildman–Crippen MR) is 87.4 cm³/mol. The number of primary amides is 1. The van der Waals surface area contributed by atoms with E-state index in [1.165, 1.54) is 16.2 Å². The van der Waals surface area contributed by atoms with Crippen molar-refractivity contribution in [3.63, 3.8) is 0 Å². The monoisotopic (exact) mass is 352 g/mol. The maximum Gasteiger partial charge on any atom is 0.306 e. The second-order valence-electron chi connectivity index (χ2n) is 5.56. The molecule has 8 heteroatoms. The van der Waals surface area contributed by atoms with Crippen molar-refractivity contribution in [3.8, 4) is 0 Å². The van der Waals surface area contributed by atoms with Gasteiger partial charge < -0.3 is 15.4 Å². The Labute approximate surface area is 143 Å². The number of esters is 1. The summed E-state index contributed by atoms with van der Waals surface area (Å²) in [4.78, 5) is 48.9. The average Bonchev–Trinajstić information content (AvgIpc) is 3.12. The molecule has 0 aromatic carbocycles. The fourth-order valence-electron chi connectivity index (χ4n) is 2.60. The van der Waals surface area contributed by atoms with Gasteiger partial charge in [0.05, 0.1) is 11.3 Å². The number of piperidine rings is 1. The summed E-state index contributed by atoms with van der Waals surface area (Å²) in [6, 6.07) is 2.83. The van der Waals surface area contributed by atoms with E-state index in [4.69, 9.17) is 10.5 Å². The van der Waals surface area contributed by atoms with Crippen LogP contribution in [0.25, 0.3) is 0 Å². The quantitative estimate of drug-likeness (QED) is 0.584. The molecule has 130 valence electrons. The van der Waals surface area contributed by atoms with Gasteiger partial charge in [-0.3, -0.25) is 19.2 Å². The summed E-state index contributed by atoms with van der Waals surface area (Å²) in [5, 5.41) is 1.79. The van der Waals surface area contributed by atoms with Crippen molar-refractivity contribution >= 4 is 34.9 Å². The first-order valence-electron chi connectivity index (χ1n) is 7.80. The topological polar surface area (TPSA) is 107 Å². The predicted octanol–water partition coefficient (Wildman–Crippen LogP) is 1.12. The Hall–Kier alpha value is -2.22. The van der Waals surface area contributed by atoms with E-state index in [-0.39, 0.29) is 18.6 Å². The zero-order valence-electron chi connectivity index (χ0n) is 13.2. The fraction of sp³-hybridized carbons (Fsp3) is 0.500. The van der Waals surface area contributed by atoms with Crippen LogP contribution in [0.15, 0.2) is 17.5 Å². The molecule has 2 heterocycles. The first-order valence-corrected chi connectivity index (χ1v) is 8.68. The molecular formula is C16H20N2O5S. The van der Waals surface area contributed by atoms with Gasteiger partial charge in [-0.15, -0.1) is 11.3 Å². The number of nitrogens with zero attached hydrogens (tertiary/aromatic N) is 1. The van der Waals surface area contributed by atoms with Crippen LogP contribution in [-0.2, 0) is 19.1 Å². The number of likely N-dealkylation sites (tertiary alicyclic amines) is 1. The van der Waals surface area contributed by atoms with E-state index in [9.17, 15) is 19.2 Å². The summed E-state index contributed by atoms with van der Waals surface area (Å²) in [5.41, 5.74) is 5.30. The molecule has 0 bridgehead atoms. The molecule has 7 nitrogen and oxygen atoms in total. The summed E-state index contributed by atoms with van der Waals surface area (Å²) in [5.74, 6) is -1.72. The molecule has 0 spiro atoms. The Morgan fingerprint density at radius 1 is 1.25 bits per heavy atom. The summed E-state index contributed by atoms with van der Waals surface area (Å²) in [6.07, 6.45) is 2.12. The minimum Gasteiger partial charge on any atom is -0.456 e. The van der Waals surface area contributed by atoms with Gasteiger partial charge >= 0.3 is 5.97 Å². The van der Waals surface area contributed by atoms with Gasteiger partial charge in [0.2, 0.25) is 5.91 Å². The number of carbonyl (C=O) groups is 4. The van der Waals surface area contributed by atoms with Crippen LogP contribution < -0.4 is 5.73 Å². The Balaban J connectivity index is 1.75. The zero-order valence-corrected chi connectivity index (χ0v) is 14.0. The molecule has 2 rings (SSSR count). The normalized spacial score (nSPS) is 17.3. The molecule has 1 atom stereocenters. The highest BCUT2D eigenvalue weighted by molar-refractivity contribution is 7.12. The largest absolute Gasteiger partial charge is 0.456 e. The molecule has 0 saturated carbocycles. The van der Waals surface area contributed by atoms with Gasteiger partial charge in [0.25, 0.3) is 5.91 Å². The molecule has 1 aromatic rings. The van der Waals surface area contributed by atoms with Crippen molar-refractivity contribution in [3.05, 3.63) is 22.4 Å². The lowest BCUT2D eigenvalue weighted by Gasteiger charge is -2.33. The van der Waals surface area contributed by atoms with Crippen LogP contribution in [-0.4, -0.2) is 47.7 Å². The number of hydrogen-bond donors (Lipinski definition) is 1. The summed E-state index contributed by atoms with van der Waals surface area (Å²) >= 11 is 1.32. The fourth-order valence-corrected chi connectivity index (χ4v) is 3.29. The van der Waals surface area contributed by atoms with Gasteiger partial charge in [0.15, 0.2) is 12.4 Å². The van der Waals surface area contributed by atoms with Crippen molar-refractivity contribution in [1.29, 1.82) is 0 Å². The van der Waals surface area contributed by atoms with Crippen LogP contribution in [0.5, 0.6) is 0 Å². The first-order chi connectivity index (χ1) is 11.5. The van der Waals surface area contributed by atoms with Gasteiger partial charge in [0, 0.05) is 13.0 Å². The third-order valence-corrected chi connectivity index (χ3v) is 4.77. The zero-order chi connectivity index (χ0) is 17.5. The molecule has 0 radical (unpaired) electrons. The number of ketones is 1. The lowest BCUT2D eigenvalue weighted by molar-refractivity contribution is -0.154. The number of thiophene rings is 1. The van der Waals surface area contributed by atoms with Crippen LogP contribution in [0.4, 0.5) is 0 Å². The second kappa shape index (κ2) is 8.58. The van der Waals surface area contributed by atoms with E-state index in [1.807, 2.05) is 0 Å². The molecule has 0 aliphatic carbocycles. The van der Waals surface area contributed by atoms with Crippen molar-refractivity contribution in [2.75, 3.05) is 13.2 Å². The first kappa shape index (κ1) is 18.1. The van der Waals surface area contributed by atoms with E-state index in [0.29, 0.717) is 17.8 Å². The van der Waals surface area contributed by atoms with Crippen LogP contribution in [0.1, 0.15) is 41.8 Å². The molecule has 24 heavy (non-hydrogen) atoms. The number of carbonyl (C=O) groups excluding carboxylic acids is 4. The van der Waals surface area contributed by atoms with Gasteiger partial charge in [0.1, 0.15) is 6.04 Å². The highest BCUT2D eigenvalue weighted by Gasteiger charge is 2.30. The molecule has 1 saturated heterocycles. The SMILES string of the molecule is NC(=O)[C@H]1CCCCN1C(=O)COC(=O)CCC(=O)c1cccs1. The van der Waals surface area contributed by atoms with Gasteiger partial charge in [-0.1, -0.05) is 6.07 Å². The number of nitrogens with two attached hydrogens (primary N) is 1. The number of hydrogen-bond acceptors (Lipinski definition) is 6.